The third-order valence-corrected chi connectivity index (χ3v) is 4.24. The minimum Gasteiger partial charge on any atom is -0.340 e. The lowest BCUT2D eigenvalue weighted by molar-refractivity contribution is 0.530. The molecule has 0 unspecified atom stereocenters. The molecule has 2 heterocycles. The lowest BCUT2D eigenvalue weighted by Gasteiger charge is -2.31. The van der Waals surface area contributed by atoms with Crippen molar-refractivity contribution in [3.05, 3.63) is 88.3 Å². The van der Waals surface area contributed by atoms with Crippen molar-refractivity contribution in [1.82, 2.24) is 9.88 Å². The van der Waals surface area contributed by atoms with E-state index in [-0.39, 0.29) is 0 Å². The highest BCUT2D eigenvalue weighted by Crippen LogP contribution is 2.38. The SMILES string of the molecule is C=C1C=CC(c2ccccc2)=C(c2ncc(Cl)cc2Cl)N1CC. The van der Waals surface area contributed by atoms with Gasteiger partial charge in [-0.25, -0.2) is 0 Å². The van der Waals surface area contributed by atoms with E-state index in [1.807, 2.05) is 24.3 Å². The van der Waals surface area contributed by atoms with Crippen molar-refractivity contribution in [2.45, 2.75) is 6.92 Å². The van der Waals surface area contributed by atoms with E-state index in [1.54, 1.807) is 12.3 Å². The molecular formula is C19H16Cl2N2. The van der Waals surface area contributed by atoms with Gasteiger partial charge in [0, 0.05) is 24.0 Å². The summed E-state index contributed by atoms with van der Waals surface area (Å²) in [6.07, 6.45) is 5.69. The van der Waals surface area contributed by atoms with Crippen LogP contribution >= 0.6 is 23.2 Å². The number of hydrogen-bond donors (Lipinski definition) is 0. The predicted molar refractivity (Wildman–Crippen MR) is 98.2 cm³/mol. The zero-order valence-corrected chi connectivity index (χ0v) is 14.3. The lowest BCUT2D eigenvalue weighted by atomic mass is 9.97. The summed E-state index contributed by atoms with van der Waals surface area (Å²) in [5.41, 5.74) is 4.75. The second-order valence-electron chi connectivity index (χ2n) is 5.18. The van der Waals surface area contributed by atoms with Crippen LogP contribution in [0.5, 0.6) is 0 Å². The standard InChI is InChI=1S/C19H16Cl2N2/c1-3-23-13(2)9-10-16(14-7-5-4-6-8-14)19(23)18-17(21)11-15(20)12-22-18/h4-12H,2-3H2,1H3. The molecule has 0 atom stereocenters. The molecule has 0 bridgehead atoms. The Morgan fingerprint density at radius 2 is 1.87 bits per heavy atom. The van der Waals surface area contributed by atoms with Crippen LogP contribution in [0.1, 0.15) is 18.2 Å². The molecule has 4 heteroatoms. The van der Waals surface area contributed by atoms with Crippen molar-refractivity contribution in [1.29, 1.82) is 0 Å². The van der Waals surface area contributed by atoms with Gasteiger partial charge >= 0.3 is 0 Å². The first-order chi connectivity index (χ1) is 11.1. The number of aromatic nitrogens is 1. The lowest BCUT2D eigenvalue weighted by Crippen LogP contribution is -2.23. The van der Waals surface area contributed by atoms with Crippen molar-refractivity contribution in [2.75, 3.05) is 6.54 Å². The summed E-state index contributed by atoms with van der Waals surface area (Å²) >= 11 is 12.4. The number of allylic oxidation sites excluding steroid dienone is 3. The first-order valence-electron chi connectivity index (χ1n) is 7.37. The second-order valence-corrected chi connectivity index (χ2v) is 6.02. The molecular weight excluding hydrogens is 327 g/mol. The van der Waals surface area contributed by atoms with E-state index in [9.17, 15) is 0 Å². The maximum Gasteiger partial charge on any atom is 0.106 e. The molecule has 23 heavy (non-hydrogen) atoms. The molecule has 0 amide bonds. The summed E-state index contributed by atoms with van der Waals surface area (Å²) in [5, 5.41) is 1.05. The molecule has 2 aromatic rings. The summed E-state index contributed by atoms with van der Waals surface area (Å²) in [7, 11) is 0. The molecule has 0 saturated heterocycles. The van der Waals surface area contributed by atoms with Gasteiger partial charge in [0.2, 0.25) is 0 Å². The van der Waals surface area contributed by atoms with Crippen LogP contribution in [0, 0.1) is 0 Å². The number of likely N-dealkylation sites (N-methyl/N-ethyl adjacent to an activating group) is 1. The van der Waals surface area contributed by atoms with Crippen LogP contribution < -0.4 is 0 Å². The topological polar surface area (TPSA) is 16.1 Å². The van der Waals surface area contributed by atoms with Crippen molar-refractivity contribution in [3.63, 3.8) is 0 Å². The molecule has 0 fully saturated rings. The number of pyridine rings is 1. The van der Waals surface area contributed by atoms with Gasteiger partial charge in [-0.3, -0.25) is 4.98 Å². The fourth-order valence-corrected chi connectivity index (χ4v) is 3.16. The fraction of sp³-hybridized carbons (Fsp3) is 0.105. The number of halogens is 2. The smallest absolute Gasteiger partial charge is 0.106 e. The van der Waals surface area contributed by atoms with E-state index >= 15 is 0 Å². The zero-order chi connectivity index (χ0) is 16.4. The van der Waals surface area contributed by atoms with E-state index in [4.69, 9.17) is 23.2 Å². The van der Waals surface area contributed by atoms with Crippen molar-refractivity contribution in [3.8, 4) is 0 Å². The Hall–Kier alpha value is -2.03. The van der Waals surface area contributed by atoms with Gasteiger partial charge in [0.15, 0.2) is 0 Å². The van der Waals surface area contributed by atoms with E-state index in [0.717, 1.165) is 29.1 Å². The highest BCUT2D eigenvalue weighted by Gasteiger charge is 2.23. The number of hydrogen-bond acceptors (Lipinski definition) is 2. The third-order valence-electron chi connectivity index (χ3n) is 3.75. The van der Waals surface area contributed by atoms with Crippen LogP contribution in [0.15, 0.2) is 67.0 Å². The first kappa shape index (κ1) is 15.9. The first-order valence-corrected chi connectivity index (χ1v) is 8.13. The molecule has 0 aliphatic carbocycles. The van der Waals surface area contributed by atoms with Crippen molar-refractivity contribution >= 4 is 34.5 Å². The largest absolute Gasteiger partial charge is 0.340 e. The normalized spacial score (nSPS) is 14.6. The highest BCUT2D eigenvalue weighted by molar-refractivity contribution is 6.35. The number of benzene rings is 1. The quantitative estimate of drug-likeness (QED) is 0.715. The van der Waals surface area contributed by atoms with Gasteiger partial charge in [-0.2, -0.15) is 0 Å². The highest BCUT2D eigenvalue weighted by atomic mass is 35.5. The monoisotopic (exact) mass is 342 g/mol. The maximum atomic E-state index is 6.42. The summed E-state index contributed by atoms with van der Waals surface area (Å²) < 4.78 is 0. The number of nitrogens with zero attached hydrogens (tertiary/aromatic N) is 2. The van der Waals surface area contributed by atoms with Crippen molar-refractivity contribution in [2.24, 2.45) is 0 Å². The molecule has 1 aromatic heterocycles. The Morgan fingerprint density at radius 1 is 1.13 bits per heavy atom. The Kier molecular flexibility index (Phi) is 4.56. The zero-order valence-electron chi connectivity index (χ0n) is 12.8. The van der Waals surface area contributed by atoms with E-state index in [1.165, 1.54) is 0 Å². The summed E-state index contributed by atoms with van der Waals surface area (Å²) in [6, 6.07) is 11.9. The van der Waals surface area contributed by atoms with E-state index in [2.05, 4.69) is 41.6 Å². The average Bonchev–Trinajstić information content (AvgIpc) is 2.55. The predicted octanol–water partition coefficient (Wildman–Crippen LogP) is 5.66. The Labute approximate surface area is 146 Å². The van der Waals surface area contributed by atoms with Crippen LogP contribution in [-0.2, 0) is 0 Å². The van der Waals surface area contributed by atoms with Crippen LogP contribution in [0.25, 0.3) is 11.3 Å². The van der Waals surface area contributed by atoms with E-state index < -0.39 is 0 Å². The van der Waals surface area contributed by atoms with Gasteiger partial charge in [-0.15, -0.1) is 0 Å². The van der Waals surface area contributed by atoms with Gasteiger partial charge in [0.1, 0.15) is 5.69 Å². The average molecular weight is 343 g/mol. The fourth-order valence-electron chi connectivity index (χ4n) is 2.69. The molecule has 116 valence electrons. The Morgan fingerprint density at radius 3 is 2.52 bits per heavy atom. The van der Waals surface area contributed by atoms with Gasteiger partial charge in [-0.1, -0.05) is 66.2 Å². The summed E-state index contributed by atoms with van der Waals surface area (Å²) in [4.78, 5) is 6.59. The van der Waals surface area contributed by atoms with Gasteiger partial charge in [0.05, 0.1) is 15.7 Å². The minimum absolute atomic E-state index is 0.522. The third kappa shape index (κ3) is 3.05. The molecule has 0 spiro atoms. The molecule has 0 radical (unpaired) electrons. The number of rotatable bonds is 3. The Balaban J connectivity index is 2.28. The molecule has 0 N–H and O–H groups in total. The van der Waals surface area contributed by atoms with Crippen molar-refractivity contribution < 1.29 is 0 Å². The molecule has 0 saturated carbocycles. The second kappa shape index (κ2) is 6.61. The van der Waals surface area contributed by atoms with Crippen LogP contribution in [0.3, 0.4) is 0 Å². The maximum absolute atomic E-state index is 6.42. The van der Waals surface area contributed by atoms with E-state index in [0.29, 0.717) is 15.7 Å². The Bertz CT molecular complexity index is 807. The van der Waals surface area contributed by atoms with Crippen LogP contribution in [-0.4, -0.2) is 16.4 Å². The van der Waals surface area contributed by atoms with Gasteiger partial charge in [0.25, 0.3) is 0 Å². The van der Waals surface area contributed by atoms with Gasteiger partial charge < -0.3 is 4.90 Å². The van der Waals surface area contributed by atoms with Crippen LogP contribution in [0.4, 0.5) is 0 Å². The molecule has 1 aromatic carbocycles. The molecule has 2 nitrogen and oxygen atoms in total. The summed E-state index contributed by atoms with van der Waals surface area (Å²) in [6.45, 7) is 6.98. The van der Waals surface area contributed by atoms with Crippen LogP contribution in [0.2, 0.25) is 10.0 Å². The molecule has 1 aliphatic heterocycles. The summed E-state index contributed by atoms with van der Waals surface area (Å²) in [5.74, 6) is 0. The molecule has 3 rings (SSSR count). The molecule has 1 aliphatic rings. The minimum atomic E-state index is 0.522. The van der Waals surface area contributed by atoms with Gasteiger partial charge in [-0.05, 0) is 24.6 Å².